The molecule has 1 aromatic rings. The van der Waals surface area contributed by atoms with Gasteiger partial charge in [0.05, 0.1) is 11.2 Å². The molecule has 0 amide bonds. The average molecular weight is 224 g/mol. The zero-order valence-corrected chi connectivity index (χ0v) is 10.5. The van der Waals surface area contributed by atoms with Gasteiger partial charge in [-0.2, -0.15) is 0 Å². The number of unbranched alkanes of at least 4 members (excludes halogenated alkanes) is 1. The Morgan fingerprint density at radius 3 is 2.87 bits per heavy atom. The fourth-order valence-corrected chi connectivity index (χ4v) is 1.92. The Bertz CT molecular complexity index is 267. The van der Waals surface area contributed by atoms with Gasteiger partial charge < -0.3 is 4.90 Å². The molecule has 1 rings (SSSR count). The Kier molecular flexibility index (Phi) is 6.28. The van der Waals surface area contributed by atoms with E-state index in [4.69, 9.17) is 0 Å². The summed E-state index contributed by atoms with van der Waals surface area (Å²) in [5.41, 5.74) is 3.07. The minimum atomic E-state index is 0.963. The van der Waals surface area contributed by atoms with E-state index in [0.29, 0.717) is 0 Å². The van der Waals surface area contributed by atoms with Gasteiger partial charge in [0, 0.05) is 18.5 Å². The number of allylic oxidation sites excluding steroid dienone is 1. The lowest BCUT2D eigenvalue weighted by Gasteiger charge is -2.13. The highest BCUT2D eigenvalue weighted by molar-refractivity contribution is 7.07. The summed E-state index contributed by atoms with van der Waals surface area (Å²) in [6.07, 6.45) is 8.14. The molecule has 0 aromatic carbocycles. The monoisotopic (exact) mass is 224 g/mol. The number of hydrogen-bond acceptors (Lipinski definition) is 3. The molecule has 0 bridgehead atoms. The highest BCUT2D eigenvalue weighted by Gasteiger charge is 1.99. The topological polar surface area (TPSA) is 16.1 Å². The van der Waals surface area contributed by atoms with Crippen LogP contribution in [0.3, 0.4) is 0 Å². The lowest BCUT2D eigenvalue weighted by atomic mass is 10.3. The van der Waals surface area contributed by atoms with Crippen LogP contribution in [0.1, 0.15) is 31.9 Å². The third-order valence-corrected chi connectivity index (χ3v) is 2.85. The summed E-state index contributed by atoms with van der Waals surface area (Å²) in [7, 11) is 2.15. The largest absolute Gasteiger partial charge is 0.300 e. The predicted octanol–water partition coefficient (Wildman–Crippen LogP) is 3.32. The Labute approximate surface area is 96.6 Å². The Morgan fingerprint density at radius 1 is 1.40 bits per heavy atom. The first-order chi connectivity index (χ1) is 7.33. The minimum Gasteiger partial charge on any atom is -0.300 e. The van der Waals surface area contributed by atoms with E-state index in [1.165, 1.54) is 18.5 Å². The van der Waals surface area contributed by atoms with Gasteiger partial charge in [-0.3, -0.25) is 0 Å². The zero-order valence-electron chi connectivity index (χ0n) is 9.65. The second kappa shape index (κ2) is 7.60. The molecule has 0 saturated heterocycles. The summed E-state index contributed by atoms with van der Waals surface area (Å²) in [6.45, 7) is 4.28. The van der Waals surface area contributed by atoms with Crippen LogP contribution in [0.4, 0.5) is 0 Å². The van der Waals surface area contributed by atoms with Crippen molar-refractivity contribution in [1.82, 2.24) is 9.88 Å². The molecule has 84 valence electrons. The average Bonchev–Trinajstić information content (AvgIpc) is 2.70. The molecular weight excluding hydrogens is 204 g/mol. The first kappa shape index (κ1) is 12.4. The van der Waals surface area contributed by atoms with Crippen molar-refractivity contribution >= 4 is 11.3 Å². The van der Waals surface area contributed by atoms with Crippen molar-refractivity contribution in [3.8, 4) is 0 Å². The van der Waals surface area contributed by atoms with Crippen molar-refractivity contribution in [3.63, 3.8) is 0 Å². The highest BCUT2D eigenvalue weighted by Crippen LogP contribution is 2.04. The number of rotatable bonds is 7. The molecule has 1 heterocycles. The smallest absolute Gasteiger partial charge is 0.0795 e. The van der Waals surface area contributed by atoms with Crippen LogP contribution >= 0.6 is 11.3 Å². The Balaban J connectivity index is 2.11. The van der Waals surface area contributed by atoms with Crippen molar-refractivity contribution < 1.29 is 0 Å². The summed E-state index contributed by atoms with van der Waals surface area (Å²) in [4.78, 5) is 6.58. The molecule has 0 saturated carbocycles. The molecule has 0 unspecified atom stereocenters. The van der Waals surface area contributed by atoms with Gasteiger partial charge in [-0.05, 0) is 19.9 Å². The van der Waals surface area contributed by atoms with Crippen LogP contribution in [-0.2, 0) is 6.54 Å². The number of aromatic nitrogens is 1. The van der Waals surface area contributed by atoms with Crippen molar-refractivity contribution in [2.75, 3.05) is 13.6 Å². The molecule has 0 fully saturated rings. The molecular formula is C12H20N2S. The van der Waals surface area contributed by atoms with Gasteiger partial charge in [-0.1, -0.05) is 25.5 Å². The Hall–Kier alpha value is -0.670. The lowest BCUT2D eigenvalue weighted by molar-refractivity contribution is 0.330. The Morgan fingerprint density at radius 2 is 2.20 bits per heavy atom. The predicted molar refractivity (Wildman–Crippen MR) is 67.1 cm³/mol. The van der Waals surface area contributed by atoms with Crippen LogP contribution in [0.15, 0.2) is 23.0 Å². The van der Waals surface area contributed by atoms with Crippen LogP contribution in [0, 0.1) is 0 Å². The van der Waals surface area contributed by atoms with Crippen LogP contribution in [0.5, 0.6) is 0 Å². The first-order valence-electron chi connectivity index (χ1n) is 5.53. The number of hydrogen-bond donors (Lipinski definition) is 0. The maximum atomic E-state index is 4.27. The zero-order chi connectivity index (χ0) is 10.9. The molecule has 0 spiro atoms. The third kappa shape index (κ3) is 5.70. The van der Waals surface area contributed by atoms with Gasteiger partial charge in [0.2, 0.25) is 0 Å². The van der Waals surface area contributed by atoms with Crippen molar-refractivity contribution in [2.45, 2.75) is 32.7 Å². The van der Waals surface area contributed by atoms with E-state index in [1.807, 2.05) is 5.51 Å². The molecule has 15 heavy (non-hydrogen) atoms. The molecule has 0 aliphatic carbocycles. The van der Waals surface area contributed by atoms with Crippen molar-refractivity contribution in [3.05, 3.63) is 28.7 Å². The number of thiazole rings is 1. The fourth-order valence-electron chi connectivity index (χ4n) is 1.37. The standard InChI is InChI=1S/C12H20N2S/c1-3-4-5-6-7-8-14(2)9-12-10-15-11-13-12/h5-6,10-11H,3-4,7-9H2,1-2H3/b6-5+. The maximum absolute atomic E-state index is 4.27. The van der Waals surface area contributed by atoms with Crippen LogP contribution in [0.25, 0.3) is 0 Å². The quantitative estimate of drug-likeness (QED) is 0.660. The SMILES string of the molecule is CCC/C=C/CCN(C)Cc1cscn1. The molecule has 0 N–H and O–H groups in total. The molecule has 1 aromatic heterocycles. The molecule has 0 radical (unpaired) electrons. The summed E-state index contributed by atoms with van der Waals surface area (Å²) in [5, 5.41) is 2.11. The summed E-state index contributed by atoms with van der Waals surface area (Å²) in [6, 6.07) is 0. The lowest BCUT2D eigenvalue weighted by Crippen LogP contribution is -2.18. The molecule has 0 atom stereocenters. The van der Waals surface area contributed by atoms with Crippen LogP contribution in [0.2, 0.25) is 0 Å². The van der Waals surface area contributed by atoms with Crippen molar-refractivity contribution in [2.24, 2.45) is 0 Å². The van der Waals surface area contributed by atoms with Crippen LogP contribution in [-0.4, -0.2) is 23.5 Å². The van der Waals surface area contributed by atoms with E-state index >= 15 is 0 Å². The van der Waals surface area contributed by atoms with Gasteiger partial charge in [-0.25, -0.2) is 4.98 Å². The second-order valence-electron chi connectivity index (χ2n) is 3.77. The van der Waals surface area contributed by atoms with Gasteiger partial charge >= 0.3 is 0 Å². The van der Waals surface area contributed by atoms with E-state index in [0.717, 1.165) is 19.5 Å². The maximum Gasteiger partial charge on any atom is 0.0795 e. The summed E-state index contributed by atoms with van der Waals surface area (Å²) in [5.74, 6) is 0. The highest BCUT2D eigenvalue weighted by atomic mass is 32.1. The first-order valence-corrected chi connectivity index (χ1v) is 6.47. The van der Waals surface area contributed by atoms with Gasteiger partial charge in [-0.15, -0.1) is 11.3 Å². The molecule has 3 heteroatoms. The molecule has 2 nitrogen and oxygen atoms in total. The van der Waals surface area contributed by atoms with Gasteiger partial charge in [0.25, 0.3) is 0 Å². The van der Waals surface area contributed by atoms with E-state index in [9.17, 15) is 0 Å². The number of nitrogens with zero attached hydrogens (tertiary/aromatic N) is 2. The van der Waals surface area contributed by atoms with E-state index in [-0.39, 0.29) is 0 Å². The fraction of sp³-hybridized carbons (Fsp3) is 0.583. The summed E-state index contributed by atoms with van der Waals surface area (Å²) < 4.78 is 0. The second-order valence-corrected chi connectivity index (χ2v) is 4.49. The van der Waals surface area contributed by atoms with Crippen molar-refractivity contribution in [1.29, 1.82) is 0 Å². The molecule has 0 aliphatic heterocycles. The minimum absolute atomic E-state index is 0.963. The van der Waals surface area contributed by atoms with Crippen LogP contribution < -0.4 is 0 Å². The van der Waals surface area contributed by atoms with E-state index in [2.05, 4.69) is 41.4 Å². The van der Waals surface area contributed by atoms with Gasteiger partial charge in [0.1, 0.15) is 0 Å². The summed E-state index contributed by atoms with van der Waals surface area (Å²) >= 11 is 1.66. The van der Waals surface area contributed by atoms with Gasteiger partial charge in [0.15, 0.2) is 0 Å². The molecule has 0 aliphatic rings. The van der Waals surface area contributed by atoms with E-state index in [1.54, 1.807) is 11.3 Å². The normalized spacial score (nSPS) is 11.7. The third-order valence-electron chi connectivity index (χ3n) is 2.21. The van der Waals surface area contributed by atoms with E-state index < -0.39 is 0 Å².